The lowest BCUT2D eigenvalue weighted by atomic mass is 9.68. The van der Waals surface area contributed by atoms with Gasteiger partial charge in [-0.3, -0.25) is 9.20 Å². The third-order valence-electron chi connectivity index (χ3n) is 5.15. The van der Waals surface area contributed by atoms with Crippen LogP contribution >= 0.6 is 24.0 Å². The summed E-state index contributed by atoms with van der Waals surface area (Å²) in [6, 6.07) is 10.1. The van der Waals surface area contributed by atoms with Gasteiger partial charge in [0.1, 0.15) is 0 Å². The zero-order valence-electron chi connectivity index (χ0n) is 14.4. The van der Waals surface area contributed by atoms with Gasteiger partial charge in [0.25, 0.3) is 0 Å². The minimum absolute atomic E-state index is 0. The van der Waals surface area contributed by atoms with Gasteiger partial charge in [0.15, 0.2) is 5.96 Å². The standard InChI is InChI=1S/C18H27N3OS.HI/c1-19-17(21-12-10-18(15-21)8-5-9-18)20-11-13-23(22)14-16-6-3-2-4-7-16;/h2-4,6-7H,5,8-15H2,1H3,(H,19,20);1H. The molecule has 1 aliphatic heterocycles. The Kier molecular flexibility index (Phi) is 7.53. The lowest BCUT2D eigenvalue weighted by Crippen LogP contribution is -2.43. The topological polar surface area (TPSA) is 44.7 Å². The van der Waals surface area contributed by atoms with E-state index in [4.69, 9.17) is 0 Å². The lowest BCUT2D eigenvalue weighted by molar-refractivity contribution is 0.151. The summed E-state index contributed by atoms with van der Waals surface area (Å²) in [5, 5.41) is 3.40. The average molecular weight is 461 g/mol. The van der Waals surface area contributed by atoms with E-state index in [1.165, 1.54) is 25.7 Å². The molecule has 1 N–H and O–H groups in total. The molecule has 1 heterocycles. The van der Waals surface area contributed by atoms with Crippen molar-refractivity contribution < 1.29 is 4.21 Å². The van der Waals surface area contributed by atoms with Crippen molar-refractivity contribution in [3.63, 3.8) is 0 Å². The Morgan fingerprint density at radius 1 is 1.29 bits per heavy atom. The third-order valence-corrected chi connectivity index (χ3v) is 6.46. The zero-order valence-corrected chi connectivity index (χ0v) is 17.5. The van der Waals surface area contributed by atoms with Gasteiger partial charge in [0, 0.05) is 49.0 Å². The van der Waals surface area contributed by atoms with Crippen LogP contribution in [-0.2, 0) is 16.6 Å². The summed E-state index contributed by atoms with van der Waals surface area (Å²) in [7, 11) is 1.01. The van der Waals surface area contributed by atoms with Crippen LogP contribution in [-0.4, -0.2) is 47.5 Å². The number of hydrogen-bond donors (Lipinski definition) is 1. The van der Waals surface area contributed by atoms with Gasteiger partial charge >= 0.3 is 0 Å². The summed E-state index contributed by atoms with van der Waals surface area (Å²) in [5.74, 6) is 2.27. The number of aliphatic imine (C=N–C) groups is 1. The van der Waals surface area contributed by atoms with Crippen LogP contribution in [0.3, 0.4) is 0 Å². The lowest BCUT2D eigenvalue weighted by Gasteiger charge is -2.38. The summed E-state index contributed by atoms with van der Waals surface area (Å²) < 4.78 is 12.2. The minimum atomic E-state index is -0.833. The van der Waals surface area contributed by atoms with Gasteiger partial charge in [-0.1, -0.05) is 36.8 Å². The van der Waals surface area contributed by atoms with Crippen LogP contribution in [0, 0.1) is 5.41 Å². The third kappa shape index (κ3) is 4.94. The first kappa shape index (κ1) is 19.7. The predicted octanol–water partition coefficient (Wildman–Crippen LogP) is 3.00. The van der Waals surface area contributed by atoms with Crippen LogP contribution < -0.4 is 5.32 Å². The fourth-order valence-corrected chi connectivity index (χ4v) is 4.68. The van der Waals surface area contributed by atoms with Gasteiger partial charge in [-0.05, 0) is 30.2 Å². The van der Waals surface area contributed by atoms with Crippen molar-refractivity contribution in [2.45, 2.75) is 31.4 Å². The number of halogens is 1. The molecule has 1 atom stereocenters. The van der Waals surface area contributed by atoms with Crippen LogP contribution in [0.2, 0.25) is 0 Å². The summed E-state index contributed by atoms with van der Waals surface area (Å²) in [6.07, 6.45) is 5.44. The van der Waals surface area contributed by atoms with Gasteiger partial charge in [-0.25, -0.2) is 0 Å². The van der Waals surface area contributed by atoms with Gasteiger partial charge in [0.2, 0.25) is 0 Å². The van der Waals surface area contributed by atoms with E-state index in [0.29, 0.717) is 16.9 Å². The number of nitrogens with zero attached hydrogens (tertiary/aromatic N) is 2. The summed E-state index contributed by atoms with van der Waals surface area (Å²) in [4.78, 5) is 6.78. The van der Waals surface area contributed by atoms with E-state index in [1.807, 2.05) is 37.4 Å². The largest absolute Gasteiger partial charge is 0.355 e. The maximum Gasteiger partial charge on any atom is 0.193 e. The van der Waals surface area contributed by atoms with Gasteiger partial charge in [0.05, 0.1) is 0 Å². The molecule has 3 rings (SSSR count). The second kappa shape index (κ2) is 9.17. The molecule has 4 nitrogen and oxygen atoms in total. The van der Waals surface area contributed by atoms with E-state index >= 15 is 0 Å². The van der Waals surface area contributed by atoms with Crippen LogP contribution in [0.15, 0.2) is 35.3 Å². The van der Waals surface area contributed by atoms with Crippen molar-refractivity contribution in [3.05, 3.63) is 35.9 Å². The first-order valence-corrected chi connectivity index (χ1v) is 10.0. The van der Waals surface area contributed by atoms with Crippen LogP contribution in [0.25, 0.3) is 0 Å². The normalized spacial score (nSPS) is 20.4. The molecule has 0 aromatic heterocycles. The SMILES string of the molecule is CN=C(NCCS(=O)Cc1ccccc1)N1CCC2(CCC2)C1.I. The smallest absolute Gasteiger partial charge is 0.193 e. The number of benzene rings is 1. The quantitative estimate of drug-likeness (QED) is 0.417. The van der Waals surface area contributed by atoms with Crippen molar-refractivity contribution in [3.8, 4) is 0 Å². The van der Waals surface area contributed by atoms with Crippen molar-refractivity contribution in [1.82, 2.24) is 10.2 Å². The number of rotatable bonds is 5. The Balaban J connectivity index is 0.00000208. The van der Waals surface area contributed by atoms with E-state index in [2.05, 4.69) is 15.2 Å². The second-order valence-corrected chi connectivity index (χ2v) is 8.35. The van der Waals surface area contributed by atoms with Crippen molar-refractivity contribution >= 4 is 40.7 Å². The molecule has 1 aromatic rings. The maximum absolute atomic E-state index is 12.2. The monoisotopic (exact) mass is 461 g/mol. The Labute approximate surface area is 165 Å². The van der Waals surface area contributed by atoms with Crippen molar-refractivity contribution in [2.24, 2.45) is 10.4 Å². The molecule has 1 aromatic carbocycles. The first-order chi connectivity index (χ1) is 11.2. The van der Waals surface area contributed by atoms with E-state index < -0.39 is 10.8 Å². The number of likely N-dealkylation sites (tertiary alicyclic amines) is 1. The highest BCUT2D eigenvalue weighted by molar-refractivity contribution is 14.0. The number of nitrogens with one attached hydrogen (secondary N) is 1. The molecule has 2 fully saturated rings. The summed E-state index contributed by atoms with van der Waals surface area (Å²) >= 11 is 0. The summed E-state index contributed by atoms with van der Waals surface area (Å²) in [6.45, 7) is 2.96. The maximum atomic E-state index is 12.2. The molecule has 1 saturated heterocycles. The Hall–Kier alpha value is -0.630. The fourth-order valence-electron chi connectivity index (χ4n) is 3.64. The van der Waals surface area contributed by atoms with Gasteiger partial charge in [-0.15, -0.1) is 24.0 Å². The van der Waals surface area contributed by atoms with Gasteiger partial charge < -0.3 is 10.2 Å². The molecule has 134 valence electrons. The molecule has 24 heavy (non-hydrogen) atoms. The van der Waals surface area contributed by atoms with Crippen LogP contribution in [0.1, 0.15) is 31.2 Å². The molecule has 1 spiro atoms. The minimum Gasteiger partial charge on any atom is -0.355 e. The highest BCUT2D eigenvalue weighted by Gasteiger charge is 2.43. The molecule has 1 unspecified atom stereocenters. The zero-order chi connectivity index (χ0) is 16.1. The van der Waals surface area contributed by atoms with Gasteiger partial charge in [-0.2, -0.15) is 0 Å². The van der Waals surface area contributed by atoms with Crippen molar-refractivity contribution in [2.75, 3.05) is 32.4 Å². The molecule has 6 heteroatoms. The predicted molar refractivity (Wildman–Crippen MR) is 112 cm³/mol. The van der Waals surface area contributed by atoms with E-state index in [9.17, 15) is 4.21 Å². The second-order valence-electron chi connectivity index (χ2n) is 6.77. The molecule has 1 aliphatic carbocycles. The molecule has 0 bridgehead atoms. The highest BCUT2D eigenvalue weighted by Crippen LogP contribution is 2.47. The number of hydrogen-bond acceptors (Lipinski definition) is 2. The highest BCUT2D eigenvalue weighted by atomic mass is 127. The van der Waals surface area contributed by atoms with Crippen LogP contribution in [0.4, 0.5) is 0 Å². The Bertz CT molecular complexity index is 575. The molecular weight excluding hydrogens is 433 g/mol. The first-order valence-electron chi connectivity index (χ1n) is 8.55. The molecular formula is C18H28IN3OS. The molecule has 0 radical (unpaired) electrons. The fraction of sp³-hybridized carbons (Fsp3) is 0.611. The van der Waals surface area contributed by atoms with E-state index in [1.54, 1.807) is 0 Å². The number of guanidine groups is 1. The molecule has 1 saturated carbocycles. The van der Waals surface area contributed by atoms with Crippen LogP contribution in [0.5, 0.6) is 0 Å². The van der Waals surface area contributed by atoms with E-state index in [-0.39, 0.29) is 24.0 Å². The molecule has 2 aliphatic rings. The Morgan fingerprint density at radius 3 is 2.62 bits per heavy atom. The summed E-state index contributed by atoms with van der Waals surface area (Å²) in [5.41, 5.74) is 1.72. The van der Waals surface area contributed by atoms with E-state index in [0.717, 1.165) is 31.2 Å². The molecule has 0 amide bonds. The average Bonchev–Trinajstić information content (AvgIpc) is 2.98. The van der Waals surface area contributed by atoms with Crippen molar-refractivity contribution in [1.29, 1.82) is 0 Å². The Morgan fingerprint density at radius 2 is 2.04 bits per heavy atom.